The van der Waals surface area contributed by atoms with E-state index in [2.05, 4.69) is 5.32 Å². The third kappa shape index (κ3) is 2.54. The molecule has 0 radical (unpaired) electrons. The van der Waals surface area contributed by atoms with Crippen molar-refractivity contribution in [3.05, 3.63) is 29.8 Å². The molecule has 5 heteroatoms. The molecule has 1 N–H and O–H groups in total. The van der Waals surface area contributed by atoms with Crippen molar-refractivity contribution >= 4 is 17.5 Å². The standard InChI is InChI=1S/C15H18N2O3/c18-14-10-11-4-1-2-5-12(11)17(14)8-7-16-15(19)13-6-3-9-20-13/h1-2,4-5,13H,3,6-10H2,(H,16,19). The molecule has 1 saturated heterocycles. The first kappa shape index (κ1) is 13.1. The monoisotopic (exact) mass is 274 g/mol. The fourth-order valence-corrected chi connectivity index (χ4v) is 2.75. The lowest BCUT2D eigenvalue weighted by Gasteiger charge is -2.18. The van der Waals surface area contributed by atoms with E-state index in [1.807, 2.05) is 24.3 Å². The van der Waals surface area contributed by atoms with Gasteiger partial charge < -0.3 is 15.0 Å². The third-order valence-electron chi connectivity index (χ3n) is 3.78. The van der Waals surface area contributed by atoms with Gasteiger partial charge in [-0.05, 0) is 24.5 Å². The summed E-state index contributed by atoms with van der Waals surface area (Å²) in [6, 6.07) is 7.78. The minimum atomic E-state index is -0.309. The number of carbonyl (C=O) groups excluding carboxylic acids is 2. The largest absolute Gasteiger partial charge is 0.368 e. The van der Waals surface area contributed by atoms with Crippen LogP contribution in [-0.2, 0) is 20.7 Å². The second-order valence-electron chi connectivity index (χ2n) is 5.14. The van der Waals surface area contributed by atoms with Crippen molar-refractivity contribution in [2.75, 3.05) is 24.6 Å². The Kier molecular flexibility index (Phi) is 3.69. The molecule has 1 unspecified atom stereocenters. The zero-order valence-corrected chi connectivity index (χ0v) is 11.3. The first-order chi connectivity index (χ1) is 9.75. The number of ether oxygens (including phenoxy) is 1. The van der Waals surface area contributed by atoms with Crippen LogP contribution in [0.4, 0.5) is 5.69 Å². The van der Waals surface area contributed by atoms with Gasteiger partial charge in [0.2, 0.25) is 11.8 Å². The van der Waals surface area contributed by atoms with Crippen molar-refractivity contribution in [3.8, 4) is 0 Å². The summed E-state index contributed by atoms with van der Waals surface area (Å²) in [5.74, 6) is 0.0278. The highest BCUT2D eigenvalue weighted by molar-refractivity contribution is 6.01. The van der Waals surface area contributed by atoms with Gasteiger partial charge in [0, 0.05) is 25.4 Å². The predicted molar refractivity (Wildman–Crippen MR) is 74.5 cm³/mol. The lowest BCUT2D eigenvalue weighted by atomic mass is 10.2. The summed E-state index contributed by atoms with van der Waals surface area (Å²) in [6.45, 7) is 1.63. The maximum Gasteiger partial charge on any atom is 0.249 e. The molecular formula is C15H18N2O3. The van der Waals surface area contributed by atoms with Crippen LogP contribution in [0.25, 0.3) is 0 Å². The molecule has 1 aromatic rings. The topological polar surface area (TPSA) is 58.6 Å². The van der Waals surface area contributed by atoms with Crippen LogP contribution < -0.4 is 10.2 Å². The number of nitrogens with zero attached hydrogens (tertiary/aromatic N) is 1. The van der Waals surface area contributed by atoms with Gasteiger partial charge in [-0.1, -0.05) is 18.2 Å². The summed E-state index contributed by atoms with van der Waals surface area (Å²) in [5.41, 5.74) is 2.02. The molecule has 0 spiro atoms. The summed E-state index contributed by atoms with van der Waals surface area (Å²) in [7, 11) is 0. The summed E-state index contributed by atoms with van der Waals surface area (Å²) in [5, 5.41) is 2.85. The van der Waals surface area contributed by atoms with Gasteiger partial charge in [0.05, 0.1) is 6.42 Å². The molecule has 1 atom stereocenters. The van der Waals surface area contributed by atoms with Crippen molar-refractivity contribution in [1.82, 2.24) is 5.32 Å². The Hall–Kier alpha value is -1.88. The number of amides is 2. The SMILES string of the molecule is O=C(NCCN1C(=O)Cc2ccccc21)C1CCCO1. The summed E-state index contributed by atoms with van der Waals surface area (Å²) < 4.78 is 5.32. The highest BCUT2D eigenvalue weighted by Crippen LogP contribution is 2.27. The zero-order valence-electron chi connectivity index (χ0n) is 11.3. The number of hydrogen-bond acceptors (Lipinski definition) is 3. The van der Waals surface area contributed by atoms with Gasteiger partial charge >= 0.3 is 0 Å². The highest BCUT2D eigenvalue weighted by atomic mass is 16.5. The number of anilines is 1. The molecule has 0 aromatic heterocycles. The van der Waals surface area contributed by atoms with Crippen molar-refractivity contribution in [3.63, 3.8) is 0 Å². The van der Waals surface area contributed by atoms with Gasteiger partial charge in [-0.15, -0.1) is 0 Å². The van der Waals surface area contributed by atoms with Gasteiger partial charge in [-0.25, -0.2) is 0 Å². The van der Waals surface area contributed by atoms with Crippen molar-refractivity contribution in [2.45, 2.75) is 25.4 Å². The van der Waals surface area contributed by atoms with Crippen LogP contribution in [-0.4, -0.2) is 37.6 Å². The van der Waals surface area contributed by atoms with E-state index in [0.29, 0.717) is 26.1 Å². The van der Waals surface area contributed by atoms with Crippen LogP contribution in [0, 0.1) is 0 Å². The van der Waals surface area contributed by atoms with E-state index < -0.39 is 0 Å². The average Bonchev–Trinajstić information content (AvgIpc) is 3.07. The molecule has 2 aliphatic rings. The van der Waals surface area contributed by atoms with Crippen LogP contribution in [0.1, 0.15) is 18.4 Å². The minimum Gasteiger partial charge on any atom is -0.368 e. The maximum absolute atomic E-state index is 12.0. The quantitative estimate of drug-likeness (QED) is 0.886. The lowest BCUT2D eigenvalue weighted by Crippen LogP contribution is -2.40. The van der Waals surface area contributed by atoms with Crippen molar-refractivity contribution in [1.29, 1.82) is 0 Å². The number of hydrogen-bond donors (Lipinski definition) is 1. The fourth-order valence-electron chi connectivity index (χ4n) is 2.75. The number of fused-ring (bicyclic) bond motifs is 1. The van der Waals surface area contributed by atoms with Crippen LogP contribution in [0.15, 0.2) is 24.3 Å². The van der Waals surface area contributed by atoms with E-state index in [-0.39, 0.29) is 17.9 Å². The van der Waals surface area contributed by atoms with E-state index in [0.717, 1.165) is 24.1 Å². The number of benzene rings is 1. The van der Waals surface area contributed by atoms with E-state index in [9.17, 15) is 9.59 Å². The predicted octanol–water partition coefficient (Wildman–Crippen LogP) is 0.871. The third-order valence-corrected chi connectivity index (χ3v) is 3.78. The van der Waals surface area contributed by atoms with Gasteiger partial charge in [0.15, 0.2) is 0 Å². The molecule has 0 saturated carbocycles. The number of carbonyl (C=O) groups is 2. The fraction of sp³-hybridized carbons (Fsp3) is 0.467. The molecule has 106 valence electrons. The number of nitrogens with one attached hydrogen (secondary N) is 1. The molecular weight excluding hydrogens is 256 g/mol. The molecule has 2 heterocycles. The Balaban J connectivity index is 1.54. The van der Waals surface area contributed by atoms with Crippen LogP contribution in [0.3, 0.4) is 0 Å². The Labute approximate surface area is 117 Å². The normalized spacial score (nSPS) is 21.1. The van der Waals surface area contributed by atoms with E-state index >= 15 is 0 Å². The highest BCUT2D eigenvalue weighted by Gasteiger charge is 2.27. The Morgan fingerprint density at radius 2 is 2.25 bits per heavy atom. The minimum absolute atomic E-state index is 0.0672. The van der Waals surface area contributed by atoms with E-state index in [4.69, 9.17) is 4.74 Å². The summed E-state index contributed by atoms with van der Waals surface area (Å²) in [4.78, 5) is 25.5. The molecule has 2 amide bonds. The lowest BCUT2D eigenvalue weighted by molar-refractivity contribution is -0.130. The van der Waals surface area contributed by atoms with E-state index in [1.54, 1.807) is 4.90 Å². The summed E-state index contributed by atoms with van der Waals surface area (Å²) in [6.07, 6.45) is 1.88. The number of rotatable bonds is 4. The van der Waals surface area contributed by atoms with Gasteiger partial charge in [-0.3, -0.25) is 9.59 Å². The van der Waals surface area contributed by atoms with Crippen molar-refractivity contribution < 1.29 is 14.3 Å². The second-order valence-corrected chi connectivity index (χ2v) is 5.14. The zero-order chi connectivity index (χ0) is 13.9. The molecule has 3 rings (SSSR count). The first-order valence-corrected chi connectivity index (χ1v) is 7.03. The summed E-state index contributed by atoms with van der Waals surface area (Å²) >= 11 is 0. The molecule has 5 nitrogen and oxygen atoms in total. The molecule has 1 aromatic carbocycles. The molecule has 1 fully saturated rings. The molecule has 20 heavy (non-hydrogen) atoms. The molecule has 2 aliphatic heterocycles. The van der Waals surface area contributed by atoms with Gasteiger partial charge in [0.1, 0.15) is 6.10 Å². The van der Waals surface area contributed by atoms with E-state index in [1.165, 1.54) is 0 Å². The first-order valence-electron chi connectivity index (χ1n) is 7.03. The Morgan fingerprint density at radius 3 is 3.05 bits per heavy atom. The second kappa shape index (κ2) is 5.63. The maximum atomic E-state index is 12.0. The average molecular weight is 274 g/mol. The molecule has 0 aliphatic carbocycles. The van der Waals surface area contributed by atoms with Crippen LogP contribution >= 0.6 is 0 Å². The Morgan fingerprint density at radius 1 is 1.40 bits per heavy atom. The smallest absolute Gasteiger partial charge is 0.249 e. The van der Waals surface area contributed by atoms with Gasteiger partial charge in [-0.2, -0.15) is 0 Å². The van der Waals surface area contributed by atoms with Gasteiger partial charge in [0.25, 0.3) is 0 Å². The van der Waals surface area contributed by atoms with Crippen LogP contribution in [0.5, 0.6) is 0 Å². The van der Waals surface area contributed by atoms with Crippen LogP contribution in [0.2, 0.25) is 0 Å². The van der Waals surface area contributed by atoms with Crippen molar-refractivity contribution in [2.24, 2.45) is 0 Å². The molecule has 0 bridgehead atoms. The Bertz CT molecular complexity index is 524. The number of para-hydroxylation sites is 1.